The van der Waals surface area contributed by atoms with Crippen LogP contribution in [0.2, 0.25) is 0 Å². The number of piperidine rings is 1. The normalized spacial score (nSPS) is 20.8. The van der Waals surface area contributed by atoms with Crippen molar-refractivity contribution in [2.24, 2.45) is 13.0 Å². The number of rotatable bonds is 5. The van der Waals surface area contributed by atoms with Crippen molar-refractivity contribution in [3.8, 4) is 0 Å². The number of carbonyl (C=O) groups is 2. The Labute approximate surface area is 146 Å². The van der Waals surface area contributed by atoms with Crippen molar-refractivity contribution in [2.75, 3.05) is 13.6 Å². The van der Waals surface area contributed by atoms with Crippen LogP contribution in [0, 0.1) is 5.92 Å². The molecule has 1 aliphatic rings. The lowest BCUT2D eigenvalue weighted by Gasteiger charge is -2.40. The number of imidazole rings is 1. The molecule has 0 aliphatic carbocycles. The quantitative estimate of drug-likeness (QED) is 0.880. The maximum atomic E-state index is 13.1. The van der Waals surface area contributed by atoms with Crippen LogP contribution in [-0.4, -0.2) is 55.0 Å². The van der Waals surface area contributed by atoms with Crippen molar-refractivity contribution in [3.63, 3.8) is 0 Å². The molecular formula is C17H24N6O2. The van der Waals surface area contributed by atoms with Gasteiger partial charge in [-0.1, -0.05) is 0 Å². The molecule has 0 aromatic carbocycles. The van der Waals surface area contributed by atoms with Gasteiger partial charge >= 0.3 is 0 Å². The monoisotopic (exact) mass is 344 g/mol. The maximum Gasteiger partial charge on any atom is 0.228 e. The highest BCUT2D eigenvalue weighted by atomic mass is 16.2. The minimum absolute atomic E-state index is 0.0218. The molecule has 0 unspecified atom stereocenters. The molecule has 1 N–H and O–H groups in total. The zero-order valence-electron chi connectivity index (χ0n) is 14.8. The predicted octanol–water partition coefficient (Wildman–Crippen LogP) is 1.10. The third-order valence-corrected chi connectivity index (χ3v) is 4.83. The highest BCUT2D eigenvalue weighted by molar-refractivity contribution is 5.84. The number of aryl methyl sites for hydroxylation is 1. The van der Waals surface area contributed by atoms with Crippen LogP contribution in [0.1, 0.15) is 37.3 Å². The van der Waals surface area contributed by atoms with Gasteiger partial charge in [-0.2, -0.15) is 5.10 Å². The van der Waals surface area contributed by atoms with E-state index in [0.717, 1.165) is 11.5 Å². The van der Waals surface area contributed by atoms with Crippen LogP contribution in [0.15, 0.2) is 24.7 Å². The van der Waals surface area contributed by atoms with E-state index >= 15 is 0 Å². The smallest absolute Gasteiger partial charge is 0.228 e. The lowest BCUT2D eigenvalue weighted by molar-refractivity contribution is -0.148. The Balaban J connectivity index is 1.87. The third kappa shape index (κ3) is 3.29. The van der Waals surface area contributed by atoms with Gasteiger partial charge in [0, 0.05) is 45.7 Å². The van der Waals surface area contributed by atoms with E-state index in [1.807, 2.05) is 30.8 Å². The van der Waals surface area contributed by atoms with Gasteiger partial charge in [0.1, 0.15) is 11.9 Å². The van der Waals surface area contributed by atoms with E-state index < -0.39 is 0 Å². The molecule has 2 atom stereocenters. The molecular weight excluding hydrogens is 320 g/mol. The van der Waals surface area contributed by atoms with E-state index in [1.54, 1.807) is 29.2 Å². The first-order chi connectivity index (χ1) is 12.0. The SMILES string of the molecule is CCN1C(=O)CC[C@H](C(=O)N(C)Cc2ccn[nH]2)[C@H]1c1nccn1C. The summed E-state index contributed by atoms with van der Waals surface area (Å²) in [6, 6.07) is 1.52. The van der Waals surface area contributed by atoms with E-state index in [9.17, 15) is 9.59 Å². The minimum atomic E-state index is -0.331. The number of hydrogen-bond acceptors (Lipinski definition) is 4. The average molecular weight is 344 g/mol. The van der Waals surface area contributed by atoms with Crippen molar-refractivity contribution in [3.05, 3.63) is 36.2 Å². The number of aromatic nitrogens is 4. The van der Waals surface area contributed by atoms with Gasteiger partial charge < -0.3 is 14.4 Å². The Morgan fingerprint density at radius 2 is 2.24 bits per heavy atom. The van der Waals surface area contributed by atoms with E-state index in [0.29, 0.717) is 25.9 Å². The first kappa shape index (κ1) is 17.2. The van der Waals surface area contributed by atoms with Crippen LogP contribution in [0.5, 0.6) is 0 Å². The van der Waals surface area contributed by atoms with Crippen LogP contribution in [0.25, 0.3) is 0 Å². The molecule has 0 radical (unpaired) electrons. The van der Waals surface area contributed by atoms with Gasteiger partial charge in [0.15, 0.2) is 0 Å². The highest BCUT2D eigenvalue weighted by Crippen LogP contribution is 2.36. The van der Waals surface area contributed by atoms with Gasteiger partial charge in [-0.3, -0.25) is 14.7 Å². The Morgan fingerprint density at radius 3 is 2.84 bits per heavy atom. The summed E-state index contributed by atoms with van der Waals surface area (Å²) in [4.78, 5) is 33.4. The second kappa shape index (κ2) is 7.08. The number of aromatic amines is 1. The first-order valence-electron chi connectivity index (χ1n) is 8.52. The first-order valence-corrected chi connectivity index (χ1v) is 8.52. The molecule has 1 aliphatic heterocycles. The molecule has 2 amide bonds. The maximum absolute atomic E-state index is 13.1. The Morgan fingerprint density at radius 1 is 1.44 bits per heavy atom. The highest BCUT2D eigenvalue weighted by Gasteiger charge is 2.42. The molecule has 0 spiro atoms. The van der Waals surface area contributed by atoms with Gasteiger partial charge in [0.25, 0.3) is 0 Å². The van der Waals surface area contributed by atoms with Crippen LogP contribution in [-0.2, 0) is 23.2 Å². The van der Waals surface area contributed by atoms with Gasteiger partial charge in [-0.15, -0.1) is 0 Å². The van der Waals surface area contributed by atoms with Gasteiger partial charge in [-0.25, -0.2) is 4.98 Å². The van der Waals surface area contributed by atoms with Crippen molar-refractivity contribution in [1.29, 1.82) is 0 Å². The standard InChI is InChI=1S/C17H24N6O2/c1-4-23-14(24)6-5-13(15(23)16-18-9-10-21(16)2)17(25)22(3)11-12-7-8-19-20-12/h7-10,13,15H,4-6,11H2,1-3H3,(H,19,20)/t13-,15-/m0/s1. The lowest BCUT2D eigenvalue weighted by Crippen LogP contribution is -2.49. The van der Waals surface area contributed by atoms with Gasteiger partial charge in [0.05, 0.1) is 18.2 Å². The minimum Gasteiger partial charge on any atom is -0.340 e. The molecule has 1 saturated heterocycles. The van der Waals surface area contributed by atoms with Crippen LogP contribution >= 0.6 is 0 Å². The fourth-order valence-corrected chi connectivity index (χ4v) is 3.56. The second-order valence-corrected chi connectivity index (χ2v) is 6.44. The largest absolute Gasteiger partial charge is 0.340 e. The molecule has 8 heteroatoms. The van der Waals surface area contributed by atoms with Crippen LogP contribution in [0.4, 0.5) is 0 Å². The molecule has 8 nitrogen and oxygen atoms in total. The summed E-state index contributed by atoms with van der Waals surface area (Å²) >= 11 is 0. The van der Waals surface area contributed by atoms with E-state index in [1.165, 1.54) is 0 Å². The molecule has 3 heterocycles. The van der Waals surface area contributed by atoms with E-state index in [4.69, 9.17) is 0 Å². The van der Waals surface area contributed by atoms with Gasteiger partial charge in [0.2, 0.25) is 11.8 Å². The summed E-state index contributed by atoms with van der Waals surface area (Å²) in [5.41, 5.74) is 0.878. The molecule has 2 aromatic rings. The second-order valence-electron chi connectivity index (χ2n) is 6.44. The Hall–Kier alpha value is -2.64. The molecule has 25 heavy (non-hydrogen) atoms. The summed E-state index contributed by atoms with van der Waals surface area (Å²) in [5, 5.41) is 6.80. The number of nitrogens with zero attached hydrogens (tertiary/aromatic N) is 5. The average Bonchev–Trinajstić information content (AvgIpc) is 3.25. The van der Waals surface area contributed by atoms with E-state index in [2.05, 4.69) is 15.2 Å². The Bertz CT molecular complexity index is 738. The van der Waals surface area contributed by atoms with Crippen molar-refractivity contribution < 1.29 is 9.59 Å². The summed E-state index contributed by atoms with van der Waals surface area (Å²) in [6.45, 7) is 2.96. The zero-order chi connectivity index (χ0) is 18.0. The predicted molar refractivity (Wildman–Crippen MR) is 91.1 cm³/mol. The summed E-state index contributed by atoms with van der Waals surface area (Å²) < 4.78 is 1.89. The number of nitrogens with one attached hydrogen (secondary N) is 1. The Kier molecular flexibility index (Phi) is 4.87. The van der Waals surface area contributed by atoms with Crippen LogP contribution in [0.3, 0.4) is 0 Å². The number of carbonyl (C=O) groups excluding carboxylic acids is 2. The molecule has 0 bridgehead atoms. The van der Waals surface area contributed by atoms with E-state index in [-0.39, 0.29) is 23.8 Å². The summed E-state index contributed by atoms with van der Waals surface area (Å²) in [5.74, 6) is 0.555. The van der Waals surface area contributed by atoms with Crippen molar-refractivity contribution >= 4 is 11.8 Å². The molecule has 2 aromatic heterocycles. The fraction of sp³-hybridized carbons (Fsp3) is 0.529. The van der Waals surface area contributed by atoms with Crippen LogP contribution < -0.4 is 0 Å². The number of amides is 2. The summed E-state index contributed by atoms with van der Waals surface area (Å²) in [7, 11) is 3.68. The molecule has 3 rings (SSSR count). The lowest BCUT2D eigenvalue weighted by atomic mass is 9.86. The summed E-state index contributed by atoms with van der Waals surface area (Å²) in [6.07, 6.45) is 6.15. The van der Waals surface area contributed by atoms with Crippen molar-refractivity contribution in [1.82, 2.24) is 29.5 Å². The fourth-order valence-electron chi connectivity index (χ4n) is 3.56. The molecule has 134 valence electrons. The number of hydrogen-bond donors (Lipinski definition) is 1. The third-order valence-electron chi connectivity index (χ3n) is 4.83. The topological polar surface area (TPSA) is 87.1 Å². The zero-order valence-corrected chi connectivity index (χ0v) is 14.8. The number of likely N-dealkylation sites (tertiary alicyclic amines) is 1. The number of H-pyrrole nitrogens is 1. The molecule has 1 fully saturated rings. The van der Waals surface area contributed by atoms with Gasteiger partial charge in [-0.05, 0) is 19.4 Å². The van der Waals surface area contributed by atoms with Crippen molar-refractivity contribution in [2.45, 2.75) is 32.4 Å². The molecule has 0 saturated carbocycles.